The first-order valence-electron chi connectivity index (χ1n) is 9.06. The lowest BCUT2D eigenvalue weighted by Gasteiger charge is -2.11. The van der Waals surface area contributed by atoms with Crippen LogP contribution in [0.1, 0.15) is 22.6 Å². The minimum Gasteiger partial charge on any atom is -0.493 e. The number of nitrogens with one attached hydrogen (secondary N) is 1. The van der Waals surface area contributed by atoms with Crippen molar-refractivity contribution in [2.24, 2.45) is 0 Å². The molecule has 3 aromatic rings. The second kappa shape index (κ2) is 8.57. The average molecular weight is 418 g/mol. The standard InChI is InChI=1S/C20H24ClN5O3/c1-12-16(21)10-25(23-12)11-19(27)22-20-13(2)24-26(14(20)3)9-15-6-7-17(28-4)18(8-15)29-5/h6-8,10H,9,11H2,1-5H3,(H,22,27). The monoisotopic (exact) mass is 417 g/mol. The number of benzene rings is 1. The number of anilines is 1. The molecule has 29 heavy (non-hydrogen) atoms. The highest BCUT2D eigenvalue weighted by Crippen LogP contribution is 2.28. The van der Waals surface area contributed by atoms with E-state index in [1.165, 1.54) is 4.68 Å². The number of methoxy groups -OCH3 is 2. The Bertz CT molecular complexity index is 1020. The first kappa shape index (κ1) is 20.7. The van der Waals surface area contributed by atoms with Crippen LogP contribution in [0, 0.1) is 20.8 Å². The Morgan fingerprint density at radius 3 is 2.45 bits per heavy atom. The zero-order chi connectivity index (χ0) is 21.1. The second-order valence-electron chi connectivity index (χ2n) is 6.70. The number of hydrogen-bond acceptors (Lipinski definition) is 5. The summed E-state index contributed by atoms with van der Waals surface area (Å²) in [4.78, 5) is 12.4. The fourth-order valence-corrected chi connectivity index (χ4v) is 3.23. The first-order valence-corrected chi connectivity index (χ1v) is 9.44. The van der Waals surface area contributed by atoms with Crippen LogP contribution >= 0.6 is 11.6 Å². The molecular weight excluding hydrogens is 394 g/mol. The lowest BCUT2D eigenvalue weighted by Crippen LogP contribution is -2.20. The Labute approximate surface area is 174 Å². The van der Waals surface area contributed by atoms with E-state index in [1.54, 1.807) is 27.3 Å². The van der Waals surface area contributed by atoms with Crippen LogP contribution in [0.3, 0.4) is 0 Å². The normalized spacial score (nSPS) is 10.8. The van der Waals surface area contributed by atoms with E-state index in [-0.39, 0.29) is 12.5 Å². The maximum Gasteiger partial charge on any atom is 0.246 e. The second-order valence-corrected chi connectivity index (χ2v) is 7.11. The van der Waals surface area contributed by atoms with Gasteiger partial charge in [-0.1, -0.05) is 17.7 Å². The molecule has 0 aliphatic heterocycles. The molecule has 0 saturated carbocycles. The van der Waals surface area contributed by atoms with E-state index in [9.17, 15) is 4.79 Å². The molecule has 0 spiro atoms. The largest absolute Gasteiger partial charge is 0.493 e. The molecular formula is C20H24ClN5O3. The maximum absolute atomic E-state index is 12.4. The van der Waals surface area contributed by atoms with Gasteiger partial charge in [-0.15, -0.1) is 0 Å². The first-order chi connectivity index (χ1) is 13.8. The molecule has 2 aromatic heterocycles. The van der Waals surface area contributed by atoms with E-state index >= 15 is 0 Å². The maximum atomic E-state index is 12.4. The lowest BCUT2D eigenvalue weighted by atomic mass is 10.2. The quantitative estimate of drug-likeness (QED) is 0.637. The number of nitrogens with zero attached hydrogens (tertiary/aromatic N) is 4. The molecule has 1 N–H and O–H groups in total. The zero-order valence-electron chi connectivity index (χ0n) is 17.1. The van der Waals surface area contributed by atoms with Crippen LogP contribution in [-0.2, 0) is 17.9 Å². The van der Waals surface area contributed by atoms with Crippen molar-refractivity contribution in [1.82, 2.24) is 19.6 Å². The van der Waals surface area contributed by atoms with Crippen LogP contribution in [0.25, 0.3) is 0 Å². The van der Waals surface area contributed by atoms with E-state index in [0.717, 1.165) is 17.0 Å². The van der Waals surface area contributed by atoms with Crippen molar-refractivity contribution in [2.45, 2.75) is 33.9 Å². The highest BCUT2D eigenvalue weighted by Gasteiger charge is 2.16. The highest BCUT2D eigenvalue weighted by molar-refractivity contribution is 6.31. The van der Waals surface area contributed by atoms with Crippen molar-refractivity contribution in [2.75, 3.05) is 19.5 Å². The molecule has 1 amide bonds. The molecule has 0 aliphatic carbocycles. The summed E-state index contributed by atoms with van der Waals surface area (Å²) in [6.45, 7) is 6.20. The summed E-state index contributed by atoms with van der Waals surface area (Å²) in [6, 6.07) is 5.73. The average Bonchev–Trinajstić information content (AvgIpc) is 3.13. The van der Waals surface area contributed by atoms with Gasteiger partial charge >= 0.3 is 0 Å². The summed E-state index contributed by atoms with van der Waals surface area (Å²) in [5.41, 5.74) is 4.00. The van der Waals surface area contributed by atoms with Gasteiger partial charge in [-0.2, -0.15) is 10.2 Å². The van der Waals surface area contributed by atoms with Crippen LogP contribution in [0.5, 0.6) is 11.5 Å². The SMILES string of the molecule is COc1ccc(Cn2nc(C)c(NC(=O)Cn3cc(Cl)c(C)n3)c2C)cc1OC. The van der Waals surface area contributed by atoms with Crippen molar-refractivity contribution in [3.63, 3.8) is 0 Å². The van der Waals surface area contributed by atoms with E-state index < -0.39 is 0 Å². The molecule has 0 radical (unpaired) electrons. The van der Waals surface area contributed by atoms with Gasteiger partial charge in [0, 0.05) is 6.20 Å². The molecule has 0 atom stereocenters. The molecule has 0 aliphatic rings. The van der Waals surface area contributed by atoms with Gasteiger partial charge in [0.1, 0.15) is 6.54 Å². The van der Waals surface area contributed by atoms with Crippen LogP contribution in [-0.4, -0.2) is 39.7 Å². The minimum absolute atomic E-state index is 0.0767. The van der Waals surface area contributed by atoms with Crippen LogP contribution in [0.2, 0.25) is 5.02 Å². The molecule has 154 valence electrons. The molecule has 8 nitrogen and oxygen atoms in total. The number of aryl methyl sites for hydroxylation is 2. The van der Waals surface area contributed by atoms with Gasteiger partial charge in [0.05, 0.1) is 48.6 Å². The fourth-order valence-electron chi connectivity index (χ4n) is 3.08. The van der Waals surface area contributed by atoms with E-state index in [4.69, 9.17) is 21.1 Å². The van der Waals surface area contributed by atoms with E-state index in [2.05, 4.69) is 15.5 Å². The summed E-state index contributed by atoms with van der Waals surface area (Å²) in [5.74, 6) is 1.14. The third kappa shape index (κ3) is 4.54. The van der Waals surface area contributed by atoms with Gasteiger partial charge in [0.15, 0.2) is 11.5 Å². The van der Waals surface area contributed by atoms with Crippen LogP contribution in [0.15, 0.2) is 24.4 Å². The summed E-state index contributed by atoms with van der Waals surface area (Å²) in [5, 5.41) is 12.2. The smallest absolute Gasteiger partial charge is 0.246 e. The zero-order valence-corrected chi connectivity index (χ0v) is 17.9. The van der Waals surface area contributed by atoms with Crippen LogP contribution < -0.4 is 14.8 Å². The van der Waals surface area contributed by atoms with Gasteiger partial charge in [-0.25, -0.2) is 0 Å². The predicted molar refractivity (Wildman–Crippen MR) is 111 cm³/mol. The molecule has 0 fully saturated rings. The van der Waals surface area contributed by atoms with Gasteiger partial charge < -0.3 is 14.8 Å². The van der Waals surface area contributed by atoms with Crippen LogP contribution in [0.4, 0.5) is 5.69 Å². The topological polar surface area (TPSA) is 83.2 Å². The Balaban J connectivity index is 1.75. The van der Waals surface area contributed by atoms with Gasteiger partial charge in [-0.3, -0.25) is 14.2 Å². The molecule has 0 saturated heterocycles. The molecule has 1 aromatic carbocycles. The Morgan fingerprint density at radius 1 is 1.10 bits per heavy atom. The Kier molecular flexibility index (Phi) is 6.12. The molecule has 3 rings (SSSR count). The Hall–Kier alpha value is -3.00. The number of ether oxygens (including phenoxy) is 2. The summed E-state index contributed by atoms with van der Waals surface area (Å²) in [7, 11) is 3.21. The van der Waals surface area contributed by atoms with Crippen molar-refractivity contribution in [3.05, 3.63) is 52.1 Å². The fraction of sp³-hybridized carbons (Fsp3) is 0.350. The summed E-state index contributed by atoms with van der Waals surface area (Å²) >= 11 is 6.00. The van der Waals surface area contributed by atoms with Crippen molar-refractivity contribution >= 4 is 23.2 Å². The minimum atomic E-state index is -0.193. The number of rotatable bonds is 7. The van der Waals surface area contributed by atoms with Gasteiger partial charge in [0.2, 0.25) is 5.91 Å². The number of aromatic nitrogens is 4. The predicted octanol–water partition coefficient (Wildman–Crippen LogP) is 3.36. The lowest BCUT2D eigenvalue weighted by molar-refractivity contribution is -0.116. The number of carbonyl (C=O) groups is 1. The third-order valence-electron chi connectivity index (χ3n) is 4.62. The number of hydrogen-bond donors (Lipinski definition) is 1. The van der Waals surface area contributed by atoms with Gasteiger partial charge in [0.25, 0.3) is 0 Å². The summed E-state index contributed by atoms with van der Waals surface area (Å²) in [6.07, 6.45) is 1.64. The molecule has 0 unspecified atom stereocenters. The number of halogens is 1. The van der Waals surface area contributed by atoms with Crippen molar-refractivity contribution in [3.8, 4) is 11.5 Å². The van der Waals surface area contributed by atoms with Crippen molar-refractivity contribution in [1.29, 1.82) is 0 Å². The van der Waals surface area contributed by atoms with Crippen molar-refractivity contribution < 1.29 is 14.3 Å². The van der Waals surface area contributed by atoms with E-state index in [0.29, 0.717) is 34.4 Å². The molecule has 2 heterocycles. The number of amides is 1. The van der Waals surface area contributed by atoms with E-state index in [1.807, 2.05) is 36.7 Å². The molecule has 9 heteroatoms. The third-order valence-corrected chi connectivity index (χ3v) is 4.99. The summed E-state index contributed by atoms with van der Waals surface area (Å²) < 4.78 is 14.0. The Morgan fingerprint density at radius 2 is 1.83 bits per heavy atom. The molecule has 0 bridgehead atoms. The number of carbonyl (C=O) groups excluding carboxylic acids is 1. The highest BCUT2D eigenvalue weighted by atomic mass is 35.5. The van der Waals surface area contributed by atoms with Gasteiger partial charge in [-0.05, 0) is 38.5 Å².